The number of benzene rings is 1. The SMILES string of the molecule is CCc1nc(CS(=O)(=O)c2ccc(C(=O)O)c(Cl)c2)no1. The van der Waals surface area contributed by atoms with Crippen molar-refractivity contribution in [1.29, 1.82) is 0 Å². The first-order valence-corrected chi connectivity index (χ1v) is 7.93. The number of aromatic nitrogens is 2. The van der Waals surface area contributed by atoms with E-state index in [0.29, 0.717) is 12.3 Å². The number of sulfone groups is 1. The van der Waals surface area contributed by atoms with Crippen LogP contribution in [0.2, 0.25) is 5.02 Å². The Kier molecular flexibility index (Phi) is 4.29. The Labute approximate surface area is 125 Å². The third kappa shape index (κ3) is 3.40. The van der Waals surface area contributed by atoms with Gasteiger partial charge in [0, 0.05) is 6.42 Å². The van der Waals surface area contributed by atoms with Crippen molar-refractivity contribution >= 4 is 27.4 Å². The van der Waals surface area contributed by atoms with Gasteiger partial charge in [-0.3, -0.25) is 0 Å². The Balaban J connectivity index is 2.31. The molecule has 1 heterocycles. The van der Waals surface area contributed by atoms with Crippen LogP contribution in [0, 0.1) is 0 Å². The van der Waals surface area contributed by atoms with Gasteiger partial charge in [0.25, 0.3) is 0 Å². The van der Waals surface area contributed by atoms with E-state index in [1.807, 2.05) is 0 Å². The lowest BCUT2D eigenvalue weighted by atomic mass is 10.2. The van der Waals surface area contributed by atoms with Crippen LogP contribution in [-0.4, -0.2) is 29.6 Å². The molecule has 112 valence electrons. The largest absolute Gasteiger partial charge is 0.478 e. The highest BCUT2D eigenvalue weighted by molar-refractivity contribution is 7.90. The fourth-order valence-corrected chi connectivity index (χ4v) is 3.13. The Bertz CT molecular complexity index is 785. The first kappa shape index (κ1) is 15.5. The summed E-state index contributed by atoms with van der Waals surface area (Å²) in [5.74, 6) is -1.28. The molecule has 0 aliphatic carbocycles. The Morgan fingerprint density at radius 3 is 2.67 bits per heavy atom. The molecule has 2 aromatic rings. The molecule has 0 spiro atoms. The average molecular weight is 331 g/mol. The summed E-state index contributed by atoms with van der Waals surface area (Å²) in [6.07, 6.45) is 0.506. The number of nitrogens with zero attached hydrogens (tertiary/aromatic N) is 2. The molecule has 1 aromatic heterocycles. The van der Waals surface area contributed by atoms with E-state index in [1.54, 1.807) is 6.92 Å². The number of aromatic carboxylic acids is 1. The lowest BCUT2D eigenvalue weighted by molar-refractivity contribution is 0.0697. The molecule has 0 saturated heterocycles. The zero-order valence-corrected chi connectivity index (χ0v) is 12.5. The number of carboxylic acids is 1. The summed E-state index contributed by atoms with van der Waals surface area (Å²) in [6.45, 7) is 1.80. The van der Waals surface area contributed by atoms with Crippen molar-refractivity contribution in [3.63, 3.8) is 0 Å². The van der Waals surface area contributed by atoms with E-state index in [-0.39, 0.29) is 21.3 Å². The molecule has 0 amide bonds. The molecule has 21 heavy (non-hydrogen) atoms. The number of hydrogen-bond acceptors (Lipinski definition) is 6. The molecule has 1 N–H and O–H groups in total. The van der Waals surface area contributed by atoms with Crippen LogP contribution >= 0.6 is 11.6 Å². The van der Waals surface area contributed by atoms with Crippen LogP contribution in [0.1, 0.15) is 29.0 Å². The van der Waals surface area contributed by atoms with Gasteiger partial charge in [-0.05, 0) is 18.2 Å². The summed E-state index contributed by atoms with van der Waals surface area (Å²) in [6, 6.07) is 3.43. The van der Waals surface area contributed by atoms with Gasteiger partial charge in [-0.15, -0.1) is 0 Å². The molecule has 0 bridgehead atoms. The molecule has 0 fully saturated rings. The van der Waals surface area contributed by atoms with Crippen LogP contribution < -0.4 is 0 Å². The molecule has 0 aliphatic rings. The van der Waals surface area contributed by atoms with Crippen molar-refractivity contribution in [2.75, 3.05) is 0 Å². The minimum absolute atomic E-state index is 0.0466. The van der Waals surface area contributed by atoms with Crippen LogP contribution in [0.15, 0.2) is 27.6 Å². The predicted octanol–water partition coefficient (Wildman–Crippen LogP) is 1.96. The lowest BCUT2D eigenvalue weighted by Gasteiger charge is -2.04. The number of carbonyl (C=O) groups is 1. The molecule has 0 radical (unpaired) electrons. The summed E-state index contributed by atoms with van der Waals surface area (Å²) < 4.78 is 29.3. The zero-order chi connectivity index (χ0) is 15.6. The molecule has 7 nitrogen and oxygen atoms in total. The van der Waals surface area contributed by atoms with Crippen molar-refractivity contribution in [3.8, 4) is 0 Å². The van der Waals surface area contributed by atoms with E-state index in [0.717, 1.165) is 12.1 Å². The van der Waals surface area contributed by atoms with Gasteiger partial charge >= 0.3 is 5.97 Å². The average Bonchev–Trinajstić information content (AvgIpc) is 2.85. The second kappa shape index (κ2) is 5.82. The van der Waals surface area contributed by atoms with Crippen LogP contribution in [0.25, 0.3) is 0 Å². The molecule has 0 aliphatic heterocycles. The van der Waals surface area contributed by atoms with Crippen molar-refractivity contribution in [2.24, 2.45) is 0 Å². The van der Waals surface area contributed by atoms with Crippen LogP contribution in [0.3, 0.4) is 0 Å². The standard InChI is InChI=1S/C12H11ClN2O5S/c1-2-11-14-10(15-20-11)6-21(18,19)7-3-4-8(12(16)17)9(13)5-7/h3-5H,2,6H2,1H3,(H,16,17). The van der Waals surface area contributed by atoms with E-state index in [4.69, 9.17) is 21.2 Å². The van der Waals surface area contributed by atoms with Crippen LogP contribution in [-0.2, 0) is 22.0 Å². The smallest absolute Gasteiger partial charge is 0.337 e. The summed E-state index contributed by atoms with van der Waals surface area (Å²) in [5.41, 5.74) is -0.163. The number of hydrogen-bond donors (Lipinski definition) is 1. The maximum Gasteiger partial charge on any atom is 0.337 e. The fourth-order valence-electron chi connectivity index (χ4n) is 1.61. The highest BCUT2D eigenvalue weighted by atomic mass is 35.5. The number of aryl methyl sites for hydroxylation is 1. The van der Waals surface area contributed by atoms with Gasteiger partial charge in [-0.1, -0.05) is 23.7 Å². The maximum atomic E-state index is 12.2. The van der Waals surface area contributed by atoms with Gasteiger partial charge < -0.3 is 9.63 Å². The fraction of sp³-hybridized carbons (Fsp3) is 0.250. The van der Waals surface area contributed by atoms with Crippen LogP contribution in [0.4, 0.5) is 0 Å². The highest BCUT2D eigenvalue weighted by Crippen LogP contribution is 2.23. The van der Waals surface area contributed by atoms with E-state index in [2.05, 4.69) is 10.1 Å². The summed E-state index contributed by atoms with van der Waals surface area (Å²) in [7, 11) is -3.74. The van der Waals surface area contributed by atoms with Crippen LogP contribution in [0.5, 0.6) is 0 Å². The Morgan fingerprint density at radius 2 is 2.14 bits per heavy atom. The topological polar surface area (TPSA) is 110 Å². The highest BCUT2D eigenvalue weighted by Gasteiger charge is 2.21. The minimum Gasteiger partial charge on any atom is -0.478 e. The minimum atomic E-state index is -3.74. The van der Waals surface area contributed by atoms with E-state index in [1.165, 1.54) is 6.07 Å². The van der Waals surface area contributed by atoms with Gasteiger partial charge in [0.05, 0.1) is 15.5 Å². The van der Waals surface area contributed by atoms with Gasteiger partial charge in [0.1, 0.15) is 5.75 Å². The summed E-state index contributed by atoms with van der Waals surface area (Å²) in [5, 5.41) is 12.3. The first-order chi connectivity index (χ1) is 9.83. The zero-order valence-electron chi connectivity index (χ0n) is 10.9. The van der Waals surface area contributed by atoms with Crippen molar-refractivity contribution < 1.29 is 22.8 Å². The third-order valence-corrected chi connectivity index (χ3v) is 4.58. The number of halogens is 1. The second-order valence-corrected chi connectivity index (χ2v) is 6.56. The Morgan fingerprint density at radius 1 is 1.43 bits per heavy atom. The van der Waals surface area contributed by atoms with E-state index >= 15 is 0 Å². The summed E-state index contributed by atoms with van der Waals surface area (Å²) in [4.78, 5) is 14.7. The molecule has 2 rings (SSSR count). The molecular formula is C12H11ClN2O5S. The van der Waals surface area contributed by atoms with Crippen molar-refractivity contribution in [1.82, 2.24) is 10.1 Å². The second-order valence-electron chi connectivity index (χ2n) is 4.16. The third-order valence-electron chi connectivity index (χ3n) is 2.66. The molecule has 9 heteroatoms. The quantitative estimate of drug-likeness (QED) is 0.891. The molecular weight excluding hydrogens is 320 g/mol. The molecule has 0 unspecified atom stereocenters. The molecule has 0 saturated carbocycles. The lowest BCUT2D eigenvalue weighted by Crippen LogP contribution is -2.07. The predicted molar refractivity (Wildman–Crippen MR) is 73.0 cm³/mol. The monoisotopic (exact) mass is 330 g/mol. The van der Waals surface area contributed by atoms with Gasteiger partial charge in [0.2, 0.25) is 5.89 Å². The van der Waals surface area contributed by atoms with Crippen molar-refractivity contribution in [2.45, 2.75) is 24.0 Å². The first-order valence-electron chi connectivity index (χ1n) is 5.90. The number of carboxylic acid groups (broad SMARTS) is 1. The van der Waals surface area contributed by atoms with Gasteiger partial charge in [-0.25, -0.2) is 13.2 Å². The van der Waals surface area contributed by atoms with E-state index in [9.17, 15) is 13.2 Å². The molecule has 0 atom stereocenters. The van der Waals surface area contributed by atoms with Gasteiger partial charge in [0.15, 0.2) is 15.7 Å². The maximum absolute atomic E-state index is 12.2. The Hall–Kier alpha value is -1.93. The van der Waals surface area contributed by atoms with Crippen molar-refractivity contribution in [3.05, 3.63) is 40.5 Å². The van der Waals surface area contributed by atoms with E-state index < -0.39 is 21.6 Å². The number of rotatable bonds is 5. The molecule has 1 aromatic carbocycles. The van der Waals surface area contributed by atoms with Gasteiger partial charge in [-0.2, -0.15) is 4.98 Å². The normalized spacial score (nSPS) is 11.5. The summed E-state index contributed by atoms with van der Waals surface area (Å²) >= 11 is 5.76.